The minimum Gasteiger partial charge on any atom is -0.341 e. The van der Waals surface area contributed by atoms with Gasteiger partial charge in [-0.3, -0.25) is 4.79 Å². The molecule has 13 heavy (non-hydrogen) atoms. The predicted molar refractivity (Wildman–Crippen MR) is 51.1 cm³/mol. The lowest BCUT2D eigenvalue weighted by Gasteiger charge is -2.20. The van der Waals surface area contributed by atoms with Gasteiger partial charge in [0.15, 0.2) is 0 Å². The van der Waals surface area contributed by atoms with Gasteiger partial charge in [-0.05, 0) is 18.8 Å². The third-order valence-electron chi connectivity index (χ3n) is 3.20. The smallest absolute Gasteiger partial charge is 0.224 e. The van der Waals surface area contributed by atoms with E-state index in [2.05, 4.69) is 0 Å². The highest BCUT2D eigenvalue weighted by Crippen LogP contribution is 2.26. The standard InChI is InChI=1S/C10H18N2O/c11-9-5-10(13)12(7-9)6-8-3-1-2-4-8/h8-9H,1-7,11H2. The van der Waals surface area contributed by atoms with E-state index in [1.54, 1.807) is 0 Å². The van der Waals surface area contributed by atoms with Crippen LogP contribution < -0.4 is 5.73 Å². The highest BCUT2D eigenvalue weighted by atomic mass is 16.2. The van der Waals surface area contributed by atoms with Gasteiger partial charge in [0.2, 0.25) is 5.91 Å². The second kappa shape index (κ2) is 3.66. The van der Waals surface area contributed by atoms with Gasteiger partial charge >= 0.3 is 0 Å². The van der Waals surface area contributed by atoms with Crippen molar-refractivity contribution in [2.45, 2.75) is 38.1 Å². The van der Waals surface area contributed by atoms with E-state index in [1.807, 2.05) is 4.90 Å². The molecule has 1 aliphatic heterocycles. The van der Waals surface area contributed by atoms with Crippen LogP contribution in [0.2, 0.25) is 0 Å². The molecule has 0 radical (unpaired) electrons. The molecule has 1 saturated carbocycles. The van der Waals surface area contributed by atoms with Crippen LogP contribution >= 0.6 is 0 Å². The lowest BCUT2D eigenvalue weighted by atomic mass is 10.1. The fourth-order valence-electron chi connectivity index (χ4n) is 2.48. The van der Waals surface area contributed by atoms with E-state index in [0.29, 0.717) is 6.42 Å². The fourth-order valence-corrected chi connectivity index (χ4v) is 2.48. The number of amides is 1. The summed E-state index contributed by atoms with van der Waals surface area (Å²) in [5.41, 5.74) is 5.73. The van der Waals surface area contributed by atoms with E-state index in [0.717, 1.165) is 19.0 Å². The molecule has 0 spiro atoms. The van der Waals surface area contributed by atoms with Crippen molar-refractivity contribution in [2.75, 3.05) is 13.1 Å². The number of nitrogens with zero attached hydrogens (tertiary/aromatic N) is 1. The molecule has 1 aliphatic carbocycles. The van der Waals surface area contributed by atoms with Gasteiger partial charge in [0.1, 0.15) is 0 Å². The number of nitrogens with two attached hydrogens (primary N) is 1. The van der Waals surface area contributed by atoms with Crippen molar-refractivity contribution in [1.29, 1.82) is 0 Å². The van der Waals surface area contributed by atoms with Crippen LogP contribution in [0.5, 0.6) is 0 Å². The second-order valence-electron chi connectivity index (χ2n) is 4.41. The van der Waals surface area contributed by atoms with Crippen LogP contribution in [0.15, 0.2) is 0 Å². The van der Waals surface area contributed by atoms with E-state index < -0.39 is 0 Å². The van der Waals surface area contributed by atoms with Crippen LogP contribution in [0.4, 0.5) is 0 Å². The van der Waals surface area contributed by atoms with Gasteiger partial charge in [0.05, 0.1) is 0 Å². The molecule has 3 heteroatoms. The zero-order chi connectivity index (χ0) is 9.26. The zero-order valence-corrected chi connectivity index (χ0v) is 8.04. The monoisotopic (exact) mass is 182 g/mol. The first-order chi connectivity index (χ1) is 6.25. The summed E-state index contributed by atoms with van der Waals surface area (Å²) in [5.74, 6) is 1.02. The third-order valence-corrected chi connectivity index (χ3v) is 3.20. The van der Waals surface area contributed by atoms with Crippen molar-refractivity contribution >= 4 is 5.91 Å². The summed E-state index contributed by atoms with van der Waals surface area (Å²) in [4.78, 5) is 13.4. The lowest BCUT2D eigenvalue weighted by molar-refractivity contribution is -0.128. The van der Waals surface area contributed by atoms with Gasteiger partial charge < -0.3 is 10.6 Å². The minimum atomic E-state index is 0.0916. The normalized spacial score (nSPS) is 30.4. The molecule has 0 bridgehead atoms. The summed E-state index contributed by atoms with van der Waals surface area (Å²) >= 11 is 0. The quantitative estimate of drug-likeness (QED) is 0.684. The van der Waals surface area contributed by atoms with Gasteiger partial charge in [0.25, 0.3) is 0 Å². The van der Waals surface area contributed by atoms with Crippen LogP contribution in [-0.4, -0.2) is 29.9 Å². The van der Waals surface area contributed by atoms with Gasteiger partial charge in [-0.25, -0.2) is 0 Å². The zero-order valence-electron chi connectivity index (χ0n) is 8.04. The summed E-state index contributed by atoms with van der Waals surface area (Å²) in [5, 5.41) is 0. The Morgan fingerprint density at radius 3 is 2.62 bits per heavy atom. The Kier molecular flexibility index (Phi) is 2.54. The maximum atomic E-state index is 11.4. The Balaban J connectivity index is 1.83. The first-order valence-corrected chi connectivity index (χ1v) is 5.29. The Bertz CT molecular complexity index is 199. The fraction of sp³-hybridized carbons (Fsp3) is 0.900. The Hall–Kier alpha value is -0.570. The van der Waals surface area contributed by atoms with Gasteiger partial charge in [0, 0.05) is 25.6 Å². The molecule has 3 nitrogen and oxygen atoms in total. The first-order valence-electron chi connectivity index (χ1n) is 5.29. The SMILES string of the molecule is NC1CC(=O)N(CC2CCCC2)C1. The van der Waals surface area contributed by atoms with Crippen molar-refractivity contribution < 1.29 is 4.79 Å². The van der Waals surface area contributed by atoms with E-state index in [-0.39, 0.29) is 11.9 Å². The summed E-state index contributed by atoms with van der Waals surface area (Å²) < 4.78 is 0. The van der Waals surface area contributed by atoms with Crippen LogP contribution in [0.25, 0.3) is 0 Å². The van der Waals surface area contributed by atoms with Crippen LogP contribution in [0.1, 0.15) is 32.1 Å². The second-order valence-corrected chi connectivity index (χ2v) is 4.41. The Labute approximate surface area is 79.3 Å². The predicted octanol–water partition coefficient (Wildman–Crippen LogP) is 0.736. The number of hydrogen-bond donors (Lipinski definition) is 1. The summed E-state index contributed by atoms with van der Waals surface area (Å²) in [6, 6.07) is 0.0916. The third kappa shape index (κ3) is 2.02. The number of hydrogen-bond acceptors (Lipinski definition) is 2. The number of carbonyl (C=O) groups is 1. The van der Waals surface area contributed by atoms with Crippen molar-refractivity contribution in [3.8, 4) is 0 Å². The minimum absolute atomic E-state index is 0.0916. The van der Waals surface area contributed by atoms with Crippen LogP contribution in [0.3, 0.4) is 0 Å². The van der Waals surface area contributed by atoms with E-state index in [1.165, 1.54) is 25.7 Å². The first kappa shape index (κ1) is 9.00. The lowest BCUT2D eigenvalue weighted by Crippen LogP contribution is -2.32. The molecule has 0 aromatic carbocycles. The van der Waals surface area contributed by atoms with Gasteiger partial charge in [-0.15, -0.1) is 0 Å². The maximum Gasteiger partial charge on any atom is 0.224 e. The molecule has 0 aromatic rings. The molecule has 1 amide bonds. The number of likely N-dealkylation sites (tertiary alicyclic amines) is 1. The molecule has 2 aliphatic rings. The van der Waals surface area contributed by atoms with Gasteiger partial charge in [-0.2, -0.15) is 0 Å². The summed E-state index contributed by atoms with van der Waals surface area (Å²) in [6.45, 7) is 1.75. The number of carbonyl (C=O) groups excluding carboxylic acids is 1. The molecule has 0 aromatic heterocycles. The largest absolute Gasteiger partial charge is 0.341 e. The highest BCUT2D eigenvalue weighted by molar-refractivity contribution is 5.79. The average molecular weight is 182 g/mol. The molecule has 2 rings (SSSR count). The molecule has 2 fully saturated rings. The van der Waals surface area contributed by atoms with Crippen molar-refractivity contribution in [3.63, 3.8) is 0 Å². The Morgan fingerprint density at radius 1 is 1.38 bits per heavy atom. The maximum absolute atomic E-state index is 11.4. The Morgan fingerprint density at radius 2 is 2.08 bits per heavy atom. The van der Waals surface area contributed by atoms with Crippen molar-refractivity contribution in [1.82, 2.24) is 4.90 Å². The molecular formula is C10H18N2O. The molecule has 74 valence electrons. The molecule has 1 atom stereocenters. The van der Waals surface area contributed by atoms with Crippen molar-refractivity contribution in [2.24, 2.45) is 11.7 Å². The van der Waals surface area contributed by atoms with Crippen LogP contribution in [-0.2, 0) is 4.79 Å². The molecule has 1 saturated heterocycles. The van der Waals surface area contributed by atoms with Crippen LogP contribution in [0, 0.1) is 5.92 Å². The van der Waals surface area contributed by atoms with E-state index in [9.17, 15) is 4.79 Å². The molecule has 1 unspecified atom stereocenters. The number of rotatable bonds is 2. The topological polar surface area (TPSA) is 46.3 Å². The highest BCUT2D eigenvalue weighted by Gasteiger charge is 2.29. The average Bonchev–Trinajstić information content (AvgIpc) is 2.63. The van der Waals surface area contributed by atoms with E-state index in [4.69, 9.17) is 5.73 Å². The van der Waals surface area contributed by atoms with E-state index >= 15 is 0 Å². The summed E-state index contributed by atoms with van der Waals surface area (Å²) in [7, 11) is 0. The molecule has 2 N–H and O–H groups in total. The molecular weight excluding hydrogens is 164 g/mol. The van der Waals surface area contributed by atoms with Crippen molar-refractivity contribution in [3.05, 3.63) is 0 Å². The summed E-state index contributed by atoms with van der Waals surface area (Å²) in [6.07, 6.45) is 5.86. The molecule has 1 heterocycles. The van der Waals surface area contributed by atoms with Gasteiger partial charge in [-0.1, -0.05) is 12.8 Å².